The number of aromatic nitrogens is 2. The van der Waals surface area contributed by atoms with Gasteiger partial charge in [-0.2, -0.15) is 5.10 Å². The van der Waals surface area contributed by atoms with Gasteiger partial charge < -0.3 is 0 Å². The molecule has 0 spiro atoms. The molecule has 0 amide bonds. The highest BCUT2D eigenvalue weighted by Gasteiger charge is 2.15. The van der Waals surface area contributed by atoms with Gasteiger partial charge in [0, 0.05) is 12.4 Å². The molecule has 0 bridgehead atoms. The van der Waals surface area contributed by atoms with E-state index >= 15 is 0 Å². The Morgan fingerprint density at radius 3 is 2.52 bits per heavy atom. The molecule has 0 aliphatic rings. The second-order valence-electron chi connectivity index (χ2n) is 5.98. The van der Waals surface area contributed by atoms with Crippen molar-refractivity contribution in [3.8, 4) is 5.69 Å². The highest BCUT2D eigenvalue weighted by molar-refractivity contribution is 7.92. The zero-order valence-corrected chi connectivity index (χ0v) is 15.1. The van der Waals surface area contributed by atoms with Crippen LogP contribution in [0.4, 0.5) is 5.69 Å². The molecule has 0 saturated heterocycles. The summed E-state index contributed by atoms with van der Waals surface area (Å²) in [6.45, 7) is 4.24. The molecule has 6 heteroatoms. The van der Waals surface area contributed by atoms with Crippen LogP contribution in [0.2, 0.25) is 0 Å². The molecule has 0 fully saturated rings. The Labute approximate surface area is 148 Å². The van der Waals surface area contributed by atoms with E-state index in [1.54, 1.807) is 47.4 Å². The van der Waals surface area contributed by atoms with Crippen molar-refractivity contribution >= 4 is 15.7 Å². The lowest BCUT2D eigenvalue weighted by Crippen LogP contribution is -2.13. The molecule has 1 unspecified atom stereocenters. The third-order valence-corrected chi connectivity index (χ3v) is 5.64. The third-order valence-electron chi connectivity index (χ3n) is 4.24. The van der Waals surface area contributed by atoms with E-state index in [0.29, 0.717) is 11.6 Å². The van der Waals surface area contributed by atoms with Crippen molar-refractivity contribution in [1.82, 2.24) is 9.78 Å². The Balaban J connectivity index is 1.83. The summed E-state index contributed by atoms with van der Waals surface area (Å²) in [4.78, 5) is 0.254. The number of sulfonamides is 1. The van der Waals surface area contributed by atoms with E-state index in [9.17, 15) is 8.42 Å². The summed E-state index contributed by atoms with van der Waals surface area (Å²) in [5.41, 5.74) is 2.43. The van der Waals surface area contributed by atoms with Gasteiger partial charge in [-0.3, -0.25) is 4.72 Å². The lowest BCUT2D eigenvalue weighted by atomic mass is 9.99. The molecule has 0 saturated carbocycles. The lowest BCUT2D eigenvalue weighted by molar-refractivity contribution is 0.601. The Hall–Kier alpha value is -2.60. The summed E-state index contributed by atoms with van der Waals surface area (Å²) in [6.07, 6.45) is 4.50. The Bertz CT molecular complexity index is 933. The van der Waals surface area contributed by atoms with E-state index in [0.717, 1.165) is 17.7 Å². The molecule has 0 aliphatic heterocycles. The summed E-state index contributed by atoms with van der Waals surface area (Å²) in [5, 5.41) is 4.16. The maximum absolute atomic E-state index is 12.6. The van der Waals surface area contributed by atoms with E-state index < -0.39 is 10.0 Å². The number of nitrogens with zero attached hydrogens (tertiary/aromatic N) is 2. The third kappa shape index (κ3) is 3.91. The van der Waals surface area contributed by atoms with Crippen LogP contribution in [-0.4, -0.2) is 18.2 Å². The van der Waals surface area contributed by atoms with Crippen LogP contribution in [0.15, 0.2) is 71.9 Å². The molecular formula is C19H21N3O2S. The molecule has 3 aromatic rings. The standard InChI is InChI=1S/C19H21N3O2S/c1-3-15(2)16-8-10-19(11-9-16)25(23,24)21-17-6-4-7-18(14-17)22-13-5-12-20-22/h4-15,21H,3H2,1-2H3. The first kappa shape index (κ1) is 17.2. The highest BCUT2D eigenvalue weighted by atomic mass is 32.2. The molecule has 1 N–H and O–H groups in total. The number of nitrogens with one attached hydrogen (secondary N) is 1. The predicted octanol–water partition coefficient (Wildman–Crippen LogP) is 4.19. The Kier molecular flexibility index (Phi) is 4.90. The van der Waals surface area contributed by atoms with Crippen molar-refractivity contribution < 1.29 is 8.42 Å². The number of hydrogen-bond acceptors (Lipinski definition) is 3. The number of rotatable bonds is 6. The van der Waals surface area contributed by atoms with Gasteiger partial charge in [0.05, 0.1) is 16.3 Å². The zero-order chi connectivity index (χ0) is 17.9. The fraction of sp³-hybridized carbons (Fsp3) is 0.211. The molecule has 0 radical (unpaired) electrons. The summed E-state index contributed by atoms with van der Waals surface area (Å²) in [6, 6.07) is 16.0. The van der Waals surface area contributed by atoms with Gasteiger partial charge in [0.15, 0.2) is 0 Å². The largest absolute Gasteiger partial charge is 0.280 e. The van der Waals surface area contributed by atoms with Crippen LogP contribution in [0.5, 0.6) is 0 Å². The molecule has 0 aliphatic carbocycles. The van der Waals surface area contributed by atoms with E-state index in [1.807, 2.05) is 24.3 Å². The van der Waals surface area contributed by atoms with Crippen LogP contribution in [0.1, 0.15) is 31.7 Å². The Morgan fingerprint density at radius 1 is 1.12 bits per heavy atom. The van der Waals surface area contributed by atoms with Crippen LogP contribution in [0.3, 0.4) is 0 Å². The van der Waals surface area contributed by atoms with E-state index in [-0.39, 0.29) is 4.90 Å². The van der Waals surface area contributed by atoms with Crippen LogP contribution < -0.4 is 4.72 Å². The zero-order valence-electron chi connectivity index (χ0n) is 14.3. The number of hydrogen-bond donors (Lipinski definition) is 1. The molecule has 2 aromatic carbocycles. The SMILES string of the molecule is CCC(C)c1ccc(S(=O)(=O)Nc2cccc(-n3cccn3)c2)cc1. The average molecular weight is 355 g/mol. The van der Waals surface area contributed by atoms with Crippen LogP contribution >= 0.6 is 0 Å². The number of benzene rings is 2. The van der Waals surface area contributed by atoms with Crippen molar-refractivity contribution in [2.45, 2.75) is 31.1 Å². The van der Waals surface area contributed by atoms with Crippen LogP contribution in [0, 0.1) is 0 Å². The summed E-state index contributed by atoms with van der Waals surface area (Å²) in [7, 11) is -3.63. The first-order valence-corrected chi connectivity index (χ1v) is 9.71. The minimum atomic E-state index is -3.63. The maximum atomic E-state index is 12.6. The van der Waals surface area contributed by atoms with Crippen molar-refractivity contribution in [2.75, 3.05) is 4.72 Å². The van der Waals surface area contributed by atoms with Crippen molar-refractivity contribution in [3.05, 3.63) is 72.6 Å². The minimum Gasteiger partial charge on any atom is -0.280 e. The quantitative estimate of drug-likeness (QED) is 0.721. The van der Waals surface area contributed by atoms with Crippen molar-refractivity contribution in [1.29, 1.82) is 0 Å². The molecule has 5 nitrogen and oxygen atoms in total. The molecular weight excluding hydrogens is 334 g/mol. The van der Waals surface area contributed by atoms with Gasteiger partial charge in [0.1, 0.15) is 0 Å². The fourth-order valence-corrected chi connectivity index (χ4v) is 3.61. The smallest absolute Gasteiger partial charge is 0.261 e. The maximum Gasteiger partial charge on any atom is 0.261 e. The van der Waals surface area contributed by atoms with E-state index in [1.165, 1.54) is 0 Å². The molecule has 25 heavy (non-hydrogen) atoms. The molecule has 3 rings (SSSR count). The van der Waals surface area contributed by atoms with Gasteiger partial charge in [-0.05, 0) is 54.3 Å². The van der Waals surface area contributed by atoms with Crippen molar-refractivity contribution in [2.24, 2.45) is 0 Å². The molecule has 130 valence electrons. The van der Waals surface area contributed by atoms with E-state index in [2.05, 4.69) is 23.7 Å². The van der Waals surface area contributed by atoms with Crippen molar-refractivity contribution in [3.63, 3.8) is 0 Å². The van der Waals surface area contributed by atoms with E-state index in [4.69, 9.17) is 0 Å². The predicted molar refractivity (Wildman–Crippen MR) is 99.5 cm³/mol. The summed E-state index contributed by atoms with van der Waals surface area (Å²) < 4.78 is 29.5. The monoisotopic (exact) mass is 355 g/mol. The van der Waals surface area contributed by atoms with Gasteiger partial charge >= 0.3 is 0 Å². The van der Waals surface area contributed by atoms with Gasteiger partial charge in [0.2, 0.25) is 0 Å². The highest BCUT2D eigenvalue weighted by Crippen LogP contribution is 2.22. The molecule has 1 aromatic heterocycles. The van der Waals surface area contributed by atoms with Gasteiger partial charge in [-0.25, -0.2) is 13.1 Å². The van der Waals surface area contributed by atoms with Gasteiger partial charge in [0.25, 0.3) is 10.0 Å². The normalized spacial score (nSPS) is 12.7. The molecule has 1 atom stereocenters. The Morgan fingerprint density at radius 2 is 1.88 bits per heavy atom. The van der Waals surface area contributed by atoms with Crippen LogP contribution in [-0.2, 0) is 10.0 Å². The minimum absolute atomic E-state index is 0.254. The first-order valence-electron chi connectivity index (χ1n) is 8.22. The average Bonchev–Trinajstić information content (AvgIpc) is 3.16. The second kappa shape index (κ2) is 7.11. The topological polar surface area (TPSA) is 64.0 Å². The van der Waals surface area contributed by atoms with Gasteiger partial charge in [-0.15, -0.1) is 0 Å². The second-order valence-corrected chi connectivity index (χ2v) is 7.67. The lowest BCUT2D eigenvalue weighted by Gasteiger charge is -2.12. The van der Waals surface area contributed by atoms with Crippen LogP contribution in [0.25, 0.3) is 5.69 Å². The fourth-order valence-electron chi connectivity index (χ4n) is 2.56. The van der Waals surface area contributed by atoms with Gasteiger partial charge in [-0.1, -0.05) is 32.0 Å². The first-order chi connectivity index (χ1) is 12.0. The number of anilines is 1. The summed E-state index contributed by atoms with van der Waals surface area (Å²) >= 11 is 0. The summed E-state index contributed by atoms with van der Waals surface area (Å²) in [5.74, 6) is 0.412. The molecule has 1 heterocycles.